The minimum atomic E-state index is -0.231. The molecule has 0 N–H and O–H groups in total. The number of ether oxygens (including phenoxy) is 1. The van der Waals surface area contributed by atoms with E-state index in [1.807, 2.05) is 0 Å². The van der Waals surface area contributed by atoms with Gasteiger partial charge in [-0.15, -0.1) is 0 Å². The van der Waals surface area contributed by atoms with E-state index in [1.165, 1.54) is 0 Å². The average molecular weight is 238 g/mol. The van der Waals surface area contributed by atoms with Gasteiger partial charge in [-0.2, -0.15) is 5.26 Å². The lowest BCUT2D eigenvalue weighted by Gasteiger charge is -2.28. The van der Waals surface area contributed by atoms with Crippen molar-refractivity contribution in [1.82, 2.24) is 4.90 Å². The maximum atomic E-state index is 11.7. The highest BCUT2D eigenvalue weighted by Gasteiger charge is 2.23. The van der Waals surface area contributed by atoms with Crippen molar-refractivity contribution in [2.45, 2.75) is 40.0 Å². The van der Waals surface area contributed by atoms with Crippen molar-refractivity contribution in [2.75, 3.05) is 19.7 Å². The van der Waals surface area contributed by atoms with Crippen LogP contribution >= 0.6 is 0 Å². The van der Waals surface area contributed by atoms with Crippen molar-refractivity contribution < 1.29 is 9.53 Å². The van der Waals surface area contributed by atoms with Crippen molar-refractivity contribution >= 4 is 6.09 Å². The van der Waals surface area contributed by atoms with E-state index in [0.717, 1.165) is 19.3 Å². The normalized spacial score (nSPS) is 17.6. The molecule has 0 unspecified atom stereocenters. The molecule has 1 aliphatic heterocycles. The van der Waals surface area contributed by atoms with Gasteiger partial charge < -0.3 is 9.64 Å². The first-order chi connectivity index (χ1) is 7.92. The first-order valence-corrected chi connectivity index (χ1v) is 6.24. The molecule has 1 aliphatic rings. The largest absolute Gasteiger partial charge is 0.449 e. The van der Waals surface area contributed by atoms with Crippen LogP contribution in [0.25, 0.3) is 0 Å². The Labute approximate surface area is 104 Å². The highest BCUT2D eigenvalue weighted by molar-refractivity contribution is 5.67. The number of rotatable bonds is 2. The minimum absolute atomic E-state index is 0.105. The summed E-state index contributed by atoms with van der Waals surface area (Å²) in [4.78, 5) is 13.4. The lowest BCUT2D eigenvalue weighted by Crippen LogP contribution is -2.38. The van der Waals surface area contributed by atoms with Crippen LogP contribution in [0, 0.1) is 22.7 Å². The number of amides is 1. The number of piperidine rings is 1. The van der Waals surface area contributed by atoms with Crippen molar-refractivity contribution in [3.05, 3.63) is 0 Å². The molecule has 0 radical (unpaired) electrons. The van der Waals surface area contributed by atoms with E-state index in [9.17, 15) is 4.79 Å². The Morgan fingerprint density at radius 2 is 2.00 bits per heavy atom. The molecule has 0 saturated carbocycles. The van der Waals surface area contributed by atoms with Crippen LogP contribution in [0.4, 0.5) is 4.79 Å². The summed E-state index contributed by atoms with van der Waals surface area (Å²) >= 11 is 0. The summed E-state index contributed by atoms with van der Waals surface area (Å²) in [6.07, 6.45) is 2.18. The second-order valence-corrected chi connectivity index (χ2v) is 5.82. The smallest absolute Gasteiger partial charge is 0.409 e. The van der Waals surface area contributed by atoms with Gasteiger partial charge in [-0.1, -0.05) is 20.8 Å². The molecule has 0 aromatic heterocycles. The molecular weight excluding hydrogens is 216 g/mol. The molecule has 1 fully saturated rings. The van der Waals surface area contributed by atoms with E-state index >= 15 is 0 Å². The van der Waals surface area contributed by atoms with Gasteiger partial charge in [0.15, 0.2) is 0 Å². The maximum absolute atomic E-state index is 11.7. The summed E-state index contributed by atoms with van der Waals surface area (Å²) in [6, 6.07) is 2.25. The molecular formula is C13H22N2O2. The van der Waals surface area contributed by atoms with Crippen LogP contribution in [0.15, 0.2) is 0 Å². The van der Waals surface area contributed by atoms with E-state index < -0.39 is 0 Å². The minimum Gasteiger partial charge on any atom is -0.449 e. The molecule has 0 atom stereocenters. The fraction of sp³-hybridized carbons (Fsp3) is 0.846. The zero-order valence-corrected chi connectivity index (χ0v) is 11.0. The Hall–Kier alpha value is -1.24. The van der Waals surface area contributed by atoms with Crippen molar-refractivity contribution in [1.29, 1.82) is 5.26 Å². The van der Waals surface area contributed by atoms with Gasteiger partial charge in [-0.25, -0.2) is 4.79 Å². The van der Waals surface area contributed by atoms with Gasteiger partial charge >= 0.3 is 6.09 Å². The van der Waals surface area contributed by atoms with E-state index in [2.05, 4.69) is 26.8 Å². The van der Waals surface area contributed by atoms with Gasteiger partial charge in [0.05, 0.1) is 12.7 Å². The van der Waals surface area contributed by atoms with Crippen LogP contribution < -0.4 is 0 Å². The second-order valence-electron chi connectivity index (χ2n) is 5.82. The summed E-state index contributed by atoms with van der Waals surface area (Å²) in [5, 5.41) is 8.76. The average Bonchev–Trinajstić information content (AvgIpc) is 2.27. The topological polar surface area (TPSA) is 53.3 Å². The Bertz CT molecular complexity index is 294. The molecule has 4 nitrogen and oxygen atoms in total. The first kappa shape index (κ1) is 13.8. The molecule has 0 aliphatic carbocycles. The predicted octanol–water partition coefficient (Wildman–Crippen LogP) is 2.79. The summed E-state index contributed by atoms with van der Waals surface area (Å²) in [5.74, 6) is 0.105. The molecule has 1 amide bonds. The molecule has 0 aromatic rings. The van der Waals surface area contributed by atoms with Crippen molar-refractivity contribution in [3.63, 3.8) is 0 Å². The third-order valence-electron chi connectivity index (χ3n) is 3.01. The van der Waals surface area contributed by atoms with E-state index in [0.29, 0.717) is 19.7 Å². The van der Waals surface area contributed by atoms with Crippen molar-refractivity contribution in [3.8, 4) is 6.07 Å². The quantitative estimate of drug-likeness (QED) is 0.743. The second kappa shape index (κ2) is 5.90. The first-order valence-electron chi connectivity index (χ1n) is 6.24. The summed E-state index contributed by atoms with van der Waals surface area (Å²) in [5.41, 5.74) is 0.189. The van der Waals surface area contributed by atoms with Crippen molar-refractivity contribution in [2.24, 2.45) is 11.3 Å². The van der Waals surface area contributed by atoms with Gasteiger partial charge in [0.2, 0.25) is 0 Å². The number of hydrogen-bond donors (Lipinski definition) is 0. The van der Waals surface area contributed by atoms with Crippen LogP contribution in [0.5, 0.6) is 0 Å². The molecule has 4 heteroatoms. The molecule has 1 rings (SSSR count). The lowest BCUT2D eigenvalue weighted by atomic mass is 9.93. The van der Waals surface area contributed by atoms with Gasteiger partial charge in [0, 0.05) is 19.0 Å². The Balaban J connectivity index is 2.23. The lowest BCUT2D eigenvalue weighted by molar-refractivity contribution is 0.0825. The number of nitrogens with zero attached hydrogens (tertiary/aromatic N) is 2. The predicted molar refractivity (Wildman–Crippen MR) is 65.3 cm³/mol. The van der Waals surface area contributed by atoms with Crippen LogP contribution in [0.2, 0.25) is 0 Å². The summed E-state index contributed by atoms with van der Waals surface area (Å²) < 4.78 is 5.23. The van der Waals surface area contributed by atoms with Crippen LogP contribution in [-0.2, 0) is 4.74 Å². The molecule has 96 valence electrons. The van der Waals surface area contributed by atoms with Crippen LogP contribution in [0.1, 0.15) is 40.0 Å². The maximum Gasteiger partial charge on any atom is 0.409 e. The molecule has 1 heterocycles. The standard InChI is InChI=1S/C13H22N2O2/c1-13(2,3)6-9-17-12(16)15-7-4-11(10-14)5-8-15/h11H,4-9H2,1-3H3. The molecule has 0 aromatic carbocycles. The van der Waals surface area contributed by atoms with Crippen LogP contribution in [-0.4, -0.2) is 30.7 Å². The third-order valence-corrected chi connectivity index (χ3v) is 3.01. The van der Waals surface area contributed by atoms with Crippen LogP contribution in [0.3, 0.4) is 0 Å². The Kier molecular flexibility index (Phi) is 4.80. The van der Waals surface area contributed by atoms with Gasteiger partial charge in [0.1, 0.15) is 0 Å². The SMILES string of the molecule is CC(C)(C)CCOC(=O)N1CCC(C#N)CC1. The highest BCUT2D eigenvalue weighted by Crippen LogP contribution is 2.19. The van der Waals surface area contributed by atoms with Gasteiger partial charge in [0.25, 0.3) is 0 Å². The number of carbonyl (C=O) groups excluding carboxylic acids is 1. The fourth-order valence-corrected chi connectivity index (χ4v) is 1.73. The number of nitriles is 1. The van der Waals surface area contributed by atoms with E-state index in [4.69, 9.17) is 10.00 Å². The highest BCUT2D eigenvalue weighted by atomic mass is 16.6. The monoisotopic (exact) mass is 238 g/mol. The number of hydrogen-bond acceptors (Lipinski definition) is 3. The molecule has 0 bridgehead atoms. The molecule has 1 saturated heterocycles. The fourth-order valence-electron chi connectivity index (χ4n) is 1.73. The van der Waals surface area contributed by atoms with E-state index in [-0.39, 0.29) is 17.4 Å². The zero-order valence-electron chi connectivity index (χ0n) is 11.0. The van der Waals surface area contributed by atoms with E-state index in [1.54, 1.807) is 4.90 Å². The summed E-state index contributed by atoms with van der Waals surface area (Å²) in [7, 11) is 0. The van der Waals surface area contributed by atoms with Gasteiger partial charge in [-0.05, 0) is 24.7 Å². The Morgan fingerprint density at radius 1 is 1.41 bits per heavy atom. The Morgan fingerprint density at radius 3 is 2.47 bits per heavy atom. The molecule has 0 spiro atoms. The zero-order chi connectivity index (χ0) is 12.9. The third kappa shape index (κ3) is 5.08. The number of carbonyl (C=O) groups is 1. The molecule has 17 heavy (non-hydrogen) atoms. The van der Waals surface area contributed by atoms with Gasteiger partial charge in [-0.3, -0.25) is 0 Å². The summed E-state index contributed by atoms with van der Waals surface area (Å²) in [6.45, 7) is 8.14. The number of likely N-dealkylation sites (tertiary alicyclic amines) is 1.